The molecule has 1 heterocycles. The Morgan fingerprint density at radius 1 is 1.21 bits per heavy atom. The van der Waals surface area contributed by atoms with Crippen LogP contribution in [0.1, 0.15) is 24.5 Å². The van der Waals surface area contributed by atoms with Crippen LogP contribution in [0.4, 0.5) is 11.4 Å². The first kappa shape index (κ1) is 20.2. The minimum Gasteiger partial charge on any atom is -0.495 e. The van der Waals surface area contributed by atoms with E-state index < -0.39 is 16.1 Å². The van der Waals surface area contributed by atoms with Gasteiger partial charge in [0.25, 0.3) is 5.91 Å². The second-order valence-electron chi connectivity index (χ2n) is 7.13. The van der Waals surface area contributed by atoms with E-state index >= 15 is 0 Å². The van der Waals surface area contributed by atoms with Gasteiger partial charge >= 0.3 is 0 Å². The predicted molar refractivity (Wildman–Crippen MR) is 112 cm³/mol. The van der Waals surface area contributed by atoms with E-state index in [0.717, 1.165) is 35.9 Å². The van der Waals surface area contributed by atoms with Crippen molar-refractivity contribution in [1.29, 1.82) is 0 Å². The fraction of sp³-hybridized carbons (Fsp3) is 0.381. The highest BCUT2D eigenvalue weighted by atomic mass is 32.2. The fourth-order valence-corrected chi connectivity index (χ4v) is 4.90. The van der Waals surface area contributed by atoms with Crippen LogP contribution < -0.4 is 13.9 Å². The average molecular weight is 403 g/mol. The second kappa shape index (κ2) is 7.83. The van der Waals surface area contributed by atoms with Crippen LogP contribution in [0.15, 0.2) is 42.5 Å². The number of methoxy groups -OCH3 is 1. The molecule has 1 aliphatic rings. The van der Waals surface area contributed by atoms with Gasteiger partial charge < -0.3 is 9.64 Å². The number of fused-ring (bicyclic) bond motifs is 1. The van der Waals surface area contributed by atoms with Crippen molar-refractivity contribution >= 4 is 27.3 Å². The van der Waals surface area contributed by atoms with Crippen LogP contribution in [-0.4, -0.2) is 40.3 Å². The highest BCUT2D eigenvalue weighted by Crippen LogP contribution is 2.34. The smallest absolute Gasteiger partial charge is 0.250 e. The number of hydrogen-bond acceptors (Lipinski definition) is 4. The Kier molecular flexibility index (Phi) is 5.65. The van der Waals surface area contributed by atoms with Crippen LogP contribution in [0.5, 0.6) is 5.75 Å². The normalized spacial score (nSPS) is 14.9. The highest BCUT2D eigenvalue weighted by Gasteiger charge is 2.35. The second-order valence-corrected chi connectivity index (χ2v) is 8.99. The van der Waals surface area contributed by atoms with E-state index in [2.05, 4.69) is 0 Å². The van der Waals surface area contributed by atoms with E-state index in [1.807, 2.05) is 37.3 Å². The number of carbonyl (C=O) groups excluding carboxylic acids is 1. The maximum atomic E-state index is 13.4. The topological polar surface area (TPSA) is 66.9 Å². The third-order valence-corrected chi connectivity index (χ3v) is 6.24. The van der Waals surface area contributed by atoms with Crippen molar-refractivity contribution in [1.82, 2.24) is 0 Å². The molecule has 0 saturated heterocycles. The Morgan fingerprint density at radius 2 is 1.93 bits per heavy atom. The molecule has 2 aromatic carbocycles. The van der Waals surface area contributed by atoms with Gasteiger partial charge in [-0.1, -0.05) is 24.3 Å². The zero-order chi connectivity index (χ0) is 20.5. The summed E-state index contributed by atoms with van der Waals surface area (Å²) in [7, 11) is -2.23. The predicted octanol–water partition coefficient (Wildman–Crippen LogP) is 3.14. The molecular weight excluding hydrogens is 376 g/mol. The first-order valence-corrected chi connectivity index (χ1v) is 11.1. The molecule has 1 atom stereocenters. The Morgan fingerprint density at radius 3 is 2.61 bits per heavy atom. The van der Waals surface area contributed by atoms with Crippen molar-refractivity contribution < 1.29 is 17.9 Å². The molecule has 0 spiro atoms. The number of nitrogens with zero attached hydrogens (tertiary/aromatic N) is 2. The lowest BCUT2D eigenvalue weighted by molar-refractivity contribution is -0.119. The van der Waals surface area contributed by atoms with Gasteiger partial charge in [0, 0.05) is 12.2 Å². The summed E-state index contributed by atoms with van der Waals surface area (Å²) in [4.78, 5) is 15.1. The van der Waals surface area contributed by atoms with Gasteiger partial charge in [0.2, 0.25) is 10.0 Å². The molecule has 0 radical (unpaired) electrons. The Bertz CT molecular complexity index is 988. The maximum absolute atomic E-state index is 13.4. The molecule has 0 saturated carbocycles. The minimum absolute atomic E-state index is 0.249. The minimum atomic E-state index is -3.72. The summed E-state index contributed by atoms with van der Waals surface area (Å²) in [6.07, 6.45) is 2.88. The molecule has 0 aromatic heterocycles. The van der Waals surface area contributed by atoms with E-state index in [1.165, 1.54) is 11.4 Å². The molecule has 2 aromatic rings. The molecular formula is C21H26N2O4S. The molecule has 150 valence electrons. The van der Waals surface area contributed by atoms with Gasteiger partial charge in [0.15, 0.2) is 0 Å². The highest BCUT2D eigenvalue weighted by molar-refractivity contribution is 7.92. The lowest BCUT2D eigenvalue weighted by Crippen LogP contribution is -2.51. The largest absolute Gasteiger partial charge is 0.495 e. The summed E-state index contributed by atoms with van der Waals surface area (Å²) in [5.74, 6) is 0.163. The number of para-hydroxylation sites is 1. The van der Waals surface area contributed by atoms with Crippen LogP contribution in [0.2, 0.25) is 0 Å². The third kappa shape index (κ3) is 3.85. The molecule has 28 heavy (non-hydrogen) atoms. The number of amides is 1. The Hall–Kier alpha value is -2.54. The summed E-state index contributed by atoms with van der Waals surface area (Å²) >= 11 is 0. The number of hydrogen-bond donors (Lipinski definition) is 0. The SMILES string of the molecule is COc1ccc(C)cc1N([C@H](C)C(=O)N1CCCc2ccccc21)S(C)(=O)=O. The molecule has 0 fully saturated rings. The summed E-state index contributed by atoms with van der Waals surface area (Å²) in [5.41, 5.74) is 3.21. The van der Waals surface area contributed by atoms with Crippen molar-refractivity contribution in [2.45, 2.75) is 32.7 Å². The van der Waals surface area contributed by atoms with Gasteiger partial charge in [-0.2, -0.15) is 0 Å². The number of ether oxygens (including phenoxy) is 1. The monoisotopic (exact) mass is 402 g/mol. The van der Waals surface area contributed by atoms with Crippen molar-refractivity contribution in [3.05, 3.63) is 53.6 Å². The van der Waals surface area contributed by atoms with E-state index in [-0.39, 0.29) is 5.91 Å². The molecule has 0 N–H and O–H groups in total. The maximum Gasteiger partial charge on any atom is 0.250 e. The number of benzene rings is 2. The quantitative estimate of drug-likeness (QED) is 0.771. The van der Waals surface area contributed by atoms with Crippen LogP contribution in [0.3, 0.4) is 0 Å². The molecule has 6 nitrogen and oxygen atoms in total. The number of aryl methyl sites for hydroxylation is 2. The standard InChI is InChI=1S/C21H26N2O4S/c1-15-11-12-20(27-3)19(14-15)23(28(4,25)26)16(2)21(24)22-13-7-9-17-8-5-6-10-18(17)22/h5-6,8,10-12,14,16H,7,9,13H2,1-4H3/t16-/m1/s1. The summed E-state index contributed by atoms with van der Waals surface area (Å²) < 4.78 is 31.9. The molecule has 7 heteroatoms. The van der Waals surface area contributed by atoms with Crippen molar-refractivity contribution in [3.8, 4) is 5.75 Å². The van der Waals surface area contributed by atoms with Gasteiger partial charge in [-0.05, 0) is 56.0 Å². The van der Waals surface area contributed by atoms with Gasteiger partial charge in [-0.25, -0.2) is 8.42 Å². The lowest BCUT2D eigenvalue weighted by atomic mass is 10.0. The Balaban J connectivity index is 2.04. The van der Waals surface area contributed by atoms with Crippen molar-refractivity contribution in [2.24, 2.45) is 0 Å². The summed E-state index contributed by atoms with van der Waals surface area (Å²) in [6, 6.07) is 12.2. The Labute approximate surface area is 166 Å². The van der Waals surface area contributed by atoms with E-state index in [1.54, 1.807) is 24.0 Å². The van der Waals surface area contributed by atoms with Gasteiger partial charge in [0.1, 0.15) is 11.8 Å². The van der Waals surface area contributed by atoms with E-state index in [9.17, 15) is 13.2 Å². The number of carbonyl (C=O) groups is 1. The first-order chi connectivity index (χ1) is 13.2. The first-order valence-electron chi connectivity index (χ1n) is 9.27. The number of rotatable bonds is 5. The number of sulfonamides is 1. The summed E-state index contributed by atoms with van der Waals surface area (Å²) in [5, 5.41) is 0. The zero-order valence-corrected chi connectivity index (χ0v) is 17.5. The fourth-order valence-electron chi connectivity index (χ4n) is 3.74. The van der Waals surface area contributed by atoms with Gasteiger partial charge in [0.05, 0.1) is 19.1 Å². The third-order valence-electron chi connectivity index (χ3n) is 5.01. The summed E-state index contributed by atoms with van der Waals surface area (Å²) in [6.45, 7) is 4.07. The molecule has 1 amide bonds. The van der Waals surface area contributed by atoms with E-state index in [4.69, 9.17) is 4.74 Å². The molecule has 1 aliphatic heterocycles. The van der Waals surface area contributed by atoms with Crippen LogP contribution in [0, 0.1) is 6.92 Å². The van der Waals surface area contributed by atoms with Crippen LogP contribution in [0.25, 0.3) is 0 Å². The van der Waals surface area contributed by atoms with Gasteiger partial charge in [-0.3, -0.25) is 9.10 Å². The lowest BCUT2D eigenvalue weighted by Gasteiger charge is -2.36. The van der Waals surface area contributed by atoms with Crippen molar-refractivity contribution in [2.75, 3.05) is 29.1 Å². The van der Waals surface area contributed by atoms with E-state index in [0.29, 0.717) is 18.0 Å². The molecule has 3 rings (SSSR count). The number of anilines is 2. The molecule has 0 aliphatic carbocycles. The van der Waals surface area contributed by atoms with Gasteiger partial charge in [-0.15, -0.1) is 0 Å². The van der Waals surface area contributed by atoms with Crippen molar-refractivity contribution in [3.63, 3.8) is 0 Å². The average Bonchev–Trinajstić information content (AvgIpc) is 2.66. The zero-order valence-electron chi connectivity index (χ0n) is 16.7. The molecule has 0 bridgehead atoms. The van der Waals surface area contributed by atoms with Crippen LogP contribution in [-0.2, 0) is 21.2 Å². The van der Waals surface area contributed by atoms with Crippen LogP contribution >= 0.6 is 0 Å². The molecule has 0 unspecified atom stereocenters.